The van der Waals surface area contributed by atoms with Crippen LogP contribution in [-0.2, 0) is 9.59 Å². The summed E-state index contributed by atoms with van der Waals surface area (Å²) in [5.41, 5.74) is -0.00627. The molecule has 5 heteroatoms. The Hall–Kier alpha value is -1.10. The summed E-state index contributed by atoms with van der Waals surface area (Å²) < 4.78 is 0. The van der Waals surface area contributed by atoms with E-state index in [-0.39, 0.29) is 30.2 Å². The van der Waals surface area contributed by atoms with Gasteiger partial charge in [0.1, 0.15) is 6.04 Å². The highest BCUT2D eigenvalue weighted by Crippen LogP contribution is 2.52. The highest BCUT2D eigenvalue weighted by atomic mass is 16.4. The average molecular weight is 227 g/mol. The number of carboxylic acid groups (broad SMARTS) is 1. The molecule has 0 aromatic heterocycles. The summed E-state index contributed by atoms with van der Waals surface area (Å²) in [4.78, 5) is 24.3. The van der Waals surface area contributed by atoms with E-state index in [2.05, 4.69) is 0 Å². The summed E-state index contributed by atoms with van der Waals surface area (Å²) in [7, 11) is 0. The van der Waals surface area contributed by atoms with Gasteiger partial charge in [-0.15, -0.1) is 0 Å². The van der Waals surface area contributed by atoms with Crippen molar-refractivity contribution in [2.24, 2.45) is 11.3 Å². The lowest BCUT2D eigenvalue weighted by atomic mass is 10.1. The van der Waals surface area contributed by atoms with Crippen molar-refractivity contribution in [3.63, 3.8) is 0 Å². The lowest BCUT2D eigenvalue weighted by molar-refractivity contribution is -0.149. The van der Waals surface area contributed by atoms with Crippen molar-refractivity contribution in [1.82, 2.24) is 4.90 Å². The third-order valence-corrected chi connectivity index (χ3v) is 3.66. The fourth-order valence-corrected chi connectivity index (χ4v) is 2.38. The molecule has 0 bridgehead atoms. The maximum atomic E-state index is 12.0. The maximum Gasteiger partial charge on any atom is 0.326 e. The normalized spacial score (nSPS) is 36.2. The number of hydrogen-bond donors (Lipinski definition) is 2. The summed E-state index contributed by atoms with van der Waals surface area (Å²) in [6.45, 7) is 4.15. The van der Waals surface area contributed by atoms with E-state index in [0.717, 1.165) is 6.42 Å². The molecule has 1 aliphatic carbocycles. The van der Waals surface area contributed by atoms with E-state index in [1.165, 1.54) is 4.90 Å². The molecule has 2 fully saturated rings. The zero-order valence-corrected chi connectivity index (χ0v) is 9.51. The van der Waals surface area contributed by atoms with Gasteiger partial charge in [0.05, 0.1) is 6.10 Å². The highest BCUT2D eigenvalue weighted by Gasteiger charge is 2.54. The van der Waals surface area contributed by atoms with Gasteiger partial charge in [0, 0.05) is 18.9 Å². The highest BCUT2D eigenvalue weighted by molar-refractivity contribution is 5.88. The SMILES string of the molecule is CC1(C)CC1C(=O)N1CC(O)C[C@H]1C(=O)O. The minimum absolute atomic E-state index is 0.00627. The lowest BCUT2D eigenvalue weighted by Crippen LogP contribution is -2.42. The van der Waals surface area contributed by atoms with Crippen LogP contribution < -0.4 is 0 Å². The quantitative estimate of drug-likeness (QED) is 0.700. The van der Waals surface area contributed by atoms with E-state index >= 15 is 0 Å². The van der Waals surface area contributed by atoms with Crippen LogP contribution in [0.15, 0.2) is 0 Å². The Kier molecular flexibility index (Phi) is 2.45. The van der Waals surface area contributed by atoms with Crippen molar-refractivity contribution in [2.75, 3.05) is 6.54 Å². The third-order valence-electron chi connectivity index (χ3n) is 3.66. The van der Waals surface area contributed by atoms with Gasteiger partial charge in [-0.3, -0.25) is 4.79 Å². The number of likely N-dealkylation sites (tertiary alicyclic amines) is 1. The zero-order chi connectivity index (χ0) is 12.1. The number of aliphatic hydroxyl groups is 1. The molecule has 0 spiro atoms. The van der Waals surface area contributed by atoms with Gasteiger partial charge < -0.3 is 15.1 Å². The summed E-state index contributed by atoms with van der Waals surface area (Å²) >= 11 is 0. The topological polar surface area (TPSA) is 77.8 Å². The number of carboxylic acids is 1. The van der Waals surface area contributed by atoms with Gasteiger partial charge in [-0.2, -0.15) is 0 Å². The van der Waals surface area contributed by atoms with Crippen molar-refractivity contribution in [3.8, 4) is 0 Å². The number of aliphatic carboxylic acids is 1. The molecule has 0 aromatic rings. The Bertz CT molecular complexity index is 339. The van der Waals surface area contributed by atoms with Gasteiger partial charge in [0.15, 0.2) is 0 Å². The van der Waals surface area contributed by atoms with Crippen molar-refractivity contribution >= 4 is 11.9 Å². The molecule has 1 aliphatic heterocycles. The number of carbonyl (C=O) groups is 2. The van der Waals surface area contributed by atoms with Gasteiger partial charge in [0.25, 0.3) is 0 Å². The molecule has 1 amide bonds. The maximum absolute atomic E-state index is 12.0. The van der Waals surface area contributed by atoms with Crippen LogP contribution in [0.3, 0.4) is 0 Å². The third kappa shape index (κ3) is 1.80. The largest absolute Gasteiger partial charge is 0.480 e. The van der Waals surface area contributed by atoms with Crippen LogP contribution in [0, 0.1) is 11.3 Å². The van der Waals surface area contributed by atoms with Crippen molar-refractivity contribution < 1.29 is 19.8 Å². The fourth-order valence-electron chi connectivity index (χ4n) is 2.38. The molecule has 3 atom stereocenters. The predicted molar refractivity (Wildman–Crippen MR) is 55.6 cm³/mol. The van der Waals surface area contributed by atoms with E-state index in [0.29, 0.717) is 0 Å². The van der Waals surface area contributed by atoms with Crippen molar-refractivity contribution in [1.29, 1.82) is 0 Å². The van der Waals surface area contributed by atoms with Gasteiger partial charge in [-0.05, 0) is 11.8 Å². The molecule has 2 aliphatic rings. The first kappa shape index (κ1) is 11.4. The van der Waals surface area contributed by atoms with Crippen molar-refractivity contribution in [3.05, 3.63) is 0 Å². The summed E-state index contributed by atoms with van der Waals surface area (Å²) in [5.74, 6) is -1.21. The Balaban J connectivity index is 2.08. The molecule has 5 nitrogen and oxygen atoms in total. The van der Waals surface area contributed by atoms with Crippen LogP contribution in [0.5, 0.6) is 0 Å². The van der Waals surface area contributed by atoms with Gasteiger partial charge >= 0.3 is 5.97 Å². The minimum Gasteiger partial charge on any atom is -0.480 e. The van der Waals surface area contributed by atoms with Crippen LogP contribution in [0.1, 0.15) is 26.7 Å². The number of β-amino-alcohol motifs (C(OH)–C–C–N with tert-alkyl or cyclic N) is 1. The van der Waals surface area contributed by atoms with E-state index in [1.807, 2.05) is 13.8 Å². The standard InChI is InChI=1S/C11H17NO4/c1-11(2)4-7(11)9(14)12-5-6(13)3-8(12)10(15)16/h6-8,13H,3-5H2,1-2H3,(H,15,16)/t6?,7?,8-/m0/s1. The van der Waals surface area contributed by atoms with Gasteiger partial charge in [0.2, 0.25) is 5.91 Å². The number of aliphatic hydroxyl groups excluding tert-OH is 1. The van der Waals surface area contributed by atoms with E-state index in [4.69, 9.17) is 5.11 Å². The predicted octanol–water partition coefficient (Wildman–Crippen LogP) is 0.0789. The number of rotatable bonds is 2. The molecule has 90 valence electrons. The number of nitrogens with zero attached hydrogens (tertiary/aromatic N) is 1. The Morgan fingerprint density at radius 2 is 1.94 bits per heavy atom. The number of carbonyl (C=O) groups excluding carboxylic acids is 1. The molecule has 2 unspecified atom stereocenters. The molecular formula is C11H17NO4. The van der Waals surface area contributed by atoms with Crippen LogP contribution >= 0.6 is 0 Å². The van der Waals surface area contributed by atoms with Crippen molar-refractivity contribution in [2.45, 2.75) is 38.8 Å². The molecule has 16 heavy (non-hydrogen) atoms. The second kappa shape index (κ2) is 3.45. The molecular weight excluding hydrogens is 210 g/mol. The monoisotopic (exact) mass is 227 g/mol. The summed E-state index contributed by atoms with van der Waals surface area (Å²) in [5, 5.41) is 18.4. The molecule has 2 rings (SSSR count). The first-order valence-electron chi connectivity index (χ1n) is 5.54. The van der Waals surface area contributed by atoms with E-state index < -0.39 is 18.1 Å². The van der Waals surface area contributed by atoms with Gasteiger partial charge in [-0.25, -0.2) is 4.79 Å². The molecule has 1 saturated carbocycles. The molecule has 0 radical (unpaired) electrons. The Morgan fingerprint density at radius 1 is 1.38 bits per heavy atom. The van der Waals surface area contributed by atoms with Crippen LogP contribution in [0.4, 0.5) is 0 Å². The van der Waals surface area contributed by atoms with Crippen LogP contribution in [0.2, 0.25) is 0 Å². The second-order valence-corrected chi connectivity index (χ2v) is 5.48. The Labute approximate surface area is 94.0 Å². The summed E-state index contributed by atoms with van der Waals surface area (Å²) in [6.07, 6.45) is 0.255. The van der Waals surface area contributed by atoms with Crippen LogP contribution in [0.25, 0.3) is 0 Å². The van der Waals surface area contributed by atoms with E-state index in [1.54, 1.807) is 0 Å². The molecule has 1 heterocycles. The number of amides is 1. The zero-order valence-electron chi connectivity index (χ0n) is 9.51. The fraction of sp³-hybridized carbons (Fsp3) is 0.818. The van der Waals surface area contributed by atoms with E-state index in [9.17, 15) is 14.7 Å². The smallest absolute Gasteiger partial charge is 0.326 e. The lowest BCUT2D eigenvalue weighted by Gasteiger charge is -2.21. The molecule has 0 aromatic carbocycles. The van der Waals surface area contributed by atoms with Gasteiger partial charge in [-0.1, -0.05) is 13.8 Å². The minimum atomic E-state index is -1.02. The molecule has 1 saturated heterocycles. The summed E-state index contributed by atoms with van der Waals surface area (Å²) in [6, 6.07) is -0.848. The Morgan fingerprint density at radius 3 is 2.38 bits per heavy atom. The first-order chi connectivity index (χ1) is 7.33. The second-order valence-electron chi connectivity index (χ2n) is 5.48. The molecule has 2 N–H and O–H groups in total. The average Bonchev–Trinajstić information content (AvgIpc) is 2.62. The number of hydrogen-bond acceptors (Lipinski definition) is 3. The first-order valence-corrected chi connectivity index (χ1v) is 5.54. The van der Waals surface area contributed by atoms with Crippen LogP contribution in [-0.4, -0.2) is 45.7 Å².